The lowest BCUT2D eigenvalue weighted by Crippen LogP contribution is -2.29. The molecule has 1 nitrogen and oxygen atoms in total. The quantitative estimate of drug-likeness (QED) is 0.855. The van der Waals surface area contributed by atoms with E-state index in [1.54, 1.807) is 0 Å². The highest BCUT2D eigenvalue weighted by Crippen LogP contribution is 2.42. The first-order chi connectivity index (χ1) is 8.95. The number of hydrogen-bond donors (Lipinski definition) is 1. The molecule has 1 saturated heterocycles. The Bertz CT molecular complexity index is 470. The molecule has 3 atom stereocenters. The Hall–Kier alpha value is -0.740. The molecule has 0 radical (unpaired) electrons. The second-order valence-electron chi connectivity index (χ2n) is 5.86. The summed E-state index contributed by atoms with van der Waals surface area (Å²) >= 11 is 0. The maximum absolute atomic E-state index is 12.8. The highest BCUT2D eigenvalue weighted by atomic mass is 35.5. The SMILES string of the molecule is CC1NC(C2CC2)CC1c1cccc(C(F)(F)F)c1.Cl. The van der Waals surface area contributed by atoms with Gasteiger partial charge >= 0.3 is 6.18 Å². The fourth-order valence-corrected chi connectivity index (χ4v) is 3.20. The van der Waals surface area contributed by atoms with Crippen LogP contribution >= 0.6 is 12.4 Å². The van der Waals surface area contributed by atoms with E-state index in [0.29, 0.717) is 6.04 Å². The molecule has 1 aliphatic carbocycles. The van der Waals surface area contributed by atoms with Crippen molar-refractivity contribution in [1.82, 2.24) is 5.32 Å². The van der Waals surface area contributed by atoms with Crippen molar-refractivity contribution in [2.45, 2.75) is 50.4 Å². The molecular formula is C15H19ClF3N. The first-order valence-corrected chi connectivity index (χ1v) is 6.88. The molecular weight excluding hydrogens is 287 g/mol. The smallest absolute Gasteiger partial charge is 0.311 e. The van der Waals surface area contributed by atoms with Crippen LogP contribution in [0.2, 0.25) is 0 Å². The van der Waals surface area contributed by atoms with Gasteiger partial charge in [-0.2, -0.15) is 13.2 Å². The Morgan fingerprint density at radius 2 is 1.90 bits per heavy atom. The van der Waals surface area contributed by atoms with E-state index in [-0.39, 0.29) is 24.4 Å². The summed E-state index contributed by atoms with van der Waals surface area (Å²) in [4.78, 5) is 0. The summed E-state index contributed by atoms with van der Waals surface area (Å²) in [6.07, 6.45) is -0.756. The summed E-state index contributed by atoms with van der Waals surface area (Å²) in [5.74, 6) is 0.950. The van der Waals surface area contributed by atoms with Crippen LogP contribution in [0.4, 0.5) is 13.2 Å². The number of benzene rings is 1. The summed E-state index contributed by atoms with van der Waals surface area (Å²) in [7, 11) is 0. The van der Waals surface area contributed by atoms with E-state index in [4.69, 9.17) is 0 Å². The molecule has 2 aliphatic rings. The van der Waals surface area contributed by atoms with Crippen molar-refractivity contribution in [1.29, 1.82) is 0 Å². The fraction of sp³-hybridized carbons (Fsp3) is 0.600. The summed E-state index contributed by atoms with van der Waals surface area (Å²) < 4.78 is 38.3. The molecule has 0 spiro atoms. The molecule has 3 rings (SSSR count). The predicted octanol–water partition coefficient (Wildman–Crippen LogP) is 4.37. The monoisotopic (exact) mass is 305 g/mol. The summed E-state index contributed by atoms with van der Waals surface area (Å²) in [6.45, 7) is 2.08. The molecule has 1 N–H and O–H groups in total. The van der Waals surface area contributed by atoms with Gasteiger partial charge in [0.15, 0.2) is 0 Å². The van der Waals surface area contributed by atoms with E-state index in [1.165, 1.54) is 25.0 Å². The van der Waals surface area contributed by atoms with Crippen LogP contribution in [0.5, 0.6) is 0 Å². The fourth-order valence-electron chi connectivity index (χ4n) is 3.20. The van der Waals surface area contributed by atoms with Gasteiger partial charge in [-0.1, -0.05) is 18.2 Å². The van der Waals surface area contributed by atoms with Crippen molar-refractivity contribution in [3.63, 3.8) is 0 Å². The Morgan fingerprint density at radius 1 is 1.20 bits per heavy atom. The normalized spacial score (nSPS) is 30.1. The lowest BCUT2D eigenvalue weighted by Gasteiger charge is -2.17. The van der Waals surface area contributed by atoms with E-state index in [1.807, 2.05) is 6.07 Å². The van der Waals surface area contributed by atoms with Crippen LogP contribution in [0.15, 0.2) is 24.3 Å². The second kappa shape index (κ2) is 5.57. The van der Waals surface area contributed by atoms with Crippen molar-refractivity contribution >= 4 is 12.4 Å². The number of nitrogens with one attached hydrogen (secondary N) is 1. The standard InChI is InChI=1S/C15H18F3N.ClH/c1-9-13(8-14(19-9)10-5-6-10)11-3-2-4-12(7-11)15(16,17)18;/h2-4,7,9-10,13-14,19H,5-6,8H2,1H3;1H. The minimum Gasteiger partial charge on any atom is -0.311 e. The molecule has 1 heterocycles. The lowest BCUT2D eigenvalue weighted by atomic mass is 9.90. The Balaban J connectivity index is 0.00000147. The molecule has 1 aromatic carbocycles. The predicted molar refractivity (Wildman–Crippen MR) is 75.2 cm³/mol. The van der Waals surface area contributed by atoms with Crippen molar-refractivity contribution in [3.8, 4) is 0 Å². The van der Waals surface area contributed by atoms with Gasteiger partial charge in [0.1, 0.15) is 0 Å². The number of rotatable bonds is 2. The highest BCUT2D eigenvalue weighted by Gasteiger charge is 2.40. The molecule has 2 fully saturated rings. The molecule has 3 unspecified atom stereocenters. The van der Waals surface area contributed by atoms with Gasteiger partial charge in [0.2, 0.25) is 0 Å². The maximum atomic E-state index is 12.8. The van der Waals surface area contributed by atoms with Crippen LogP contribution in [0.25, 0.3) is 0 Å². The average molecular weight is 306 g/mol. The summed E-state index contributed by atoms with van der Waals surface area (Å²) in [5, 5.41) is 3.54. The van der Waals surface area contributed by atoms with Gasteiger partial charge in [-0.15, -0.1) is 12.4 Å². The minimum atomic E-state index is -4.25. The van der Waals surface area contributed by atoms with Gasteiger partial charge < -0.3 is 5.32 Å². The molecule has 20 heavy (non-hydrogen) atoms. The number of alkyl halides is 3. The van der Waals surface area contributed by atoms with E-state index < -0.39 is 11.7 Å². The second-order valence-corrected chi connectivity index (χ2v) is 5.86. The third kappa shape index (κ3) is 3.12. The van der Waals surface area contributed by atoms with Crippen molar-refractivity contribution in [3.05, 3.63) is 35.4 Å². The van der Waals surface area contributed by atoms with Crippen molar-refractivity contribution in [2.24, 2.45) is 5.92 Å². The first kappa shape index (κ1) is 15.6. The maximum Gasteiger partial charge on any atom is 0.416 e. The average Bonchev–Trinajstić information content (AvgIpc) is 3.12. The van der Waals surface area contributed by atoms with Crippen LogP contribution in [0, 0.1) is 5.92 Å². The zero-order valence-electron chi connectivity index (χ0n) is 11.3. The summed E-state index contributed by atoms with van der Waals surface area (Å²) in [5.41, 5.74) is 0.282. The van der Waals surface area contributed by atoms with Crippen LogP contribution in [-0.4, -0.2) is 12.1 Å². The van der Waals surface area contributed by atoms with Crippen LogP contribution in [0.1, 0.15) is 43.2 Å². The molecule has 0 bridgehead atoms. The minimum absolute atomic E-state index is 0. The third-order valence-electron chi connectivity index (χ3n) is 4.42. The van der Waals surface area contributed by atoms with E-state index in [0.717, 1.165) is 24.0 Å². The zero-order chi connectivity index (χ0) is 13.6. The lowest BCUT2D eigenvalue weighted by molar-refractivity contribution is -0.137. The molecule has 1 aliphatic heterocycles. The Morgan fingerprint density at radius 3 is 2.50 bits per heavy atom. The number of halogens is 4. The molecule has 1 saturated carbocycles. The molecule has 0 amide bonds. The molecule has 112 valence electrons. The van der Waals surface area contributed by atoms with Gasteiger partial charge in [-0.05, 0) is 43.7 Å². The molecule has 1 aromatic rings. The van der Waals surface area contributed by atoms with E-state index in [9.17, 15) is 13.2 Å². The van der Waals surface area contributed by atoms with Gasteiger partial charge in [0, 0.05) is 18.0 Å². The van der Waals surface area contributed by atoms with Crippen molar-refractivity contribution in [2.75, 3.05) is 0 Å². The Labute approximate surface area is 123 Å². The third-order valence-corrected chi connectivity index (χ3v) is 4.42. The summed E-state index contributed by atoms with van der Waals surface area (Å²) in [6, 6.07) is 6.57. The number of hydrogen-bond acceptors (Lipinski definition) is 1. The Kier molecular flexibility index (Phi) is 4.35. The highest BCUT2D eigenvalue weighted by molar-refractivity contribution is 5.85. The molecule has 0 aromatic heterocycles. The molecule has 5 heteroatoms. The van der Waals surface area contributed by atoms with E-state index >= 15 is 0 Å². The van der Waals surface area contributed by atoms with Gasteiger partial charge in [0.25, 0.3) is 0 Å². The van der Waals surface area contributed by atoms with Crippen molar-refractivity contribution < 1.29 is 13.2 Å². The largest absolute Gasteiger partial charge is 0.416 e. The van der Waals surface area contributed by atoms with Crippen LogP contribution < -0.4 is 5.32 Å². The van der Waals surface area contributed by atoms with Gasteiger partial charge in [-0.25, -0.2) is 0 Å². The van der Waals surface area contributed by atoms with E-state index in [2.05, 4.69) is 12.2 Å². The van der Waals surface area contributed by atoms with Gasteiger partial charge in [0.05, 0.1) is 5.56 Å². The van der Waals surface area contributed by atoms with Crippen LogP contribution in [0.3, 0.4) is 0 Å². The topological polar surface area (TPSA) is 12.0 Å². The van der Waals surface area contributed by atoms with Crippen LogP contribution in [-0.2, 0) is 6.18 Å². The zero-order valence-corrected chi connectivity index (χ0v) is 12.1. The first-order valence-electron chi connectivity index (χ1n) is 6.88. The van der Waals surface area contributed by atoms with Gasteiger partial charge in [-0.3, -0.25) is 0 Å².